The highest BCUT2D eigenvalue weighted by atomic mass is 32.2. The first-order valence-electron chi connectivity index (χ1n) is 9.54. The number of nitrogens with zero attached hydrogens (tertiary/aromatic N) is 1. The number of benzene rings is 2. The predicted molar refractivity (Wildman–Crippen MR) is 107 cm³/mol. The molecule has 3 rings (SSSR count). The molecule has 0 aromatic heterocycles. The molecular formula is C21H24F2N2O3S. The molecule has 0 bridgehead atoms. The van der Waals surface area contributed by atoms with Gasteiger partial charge in [0.05, 0.1) is 4.90 Å². The molecular weight excluding hydrogens is 398 g/mol. The van der Waals surface area contributed by atoms with E-state index < -0.39 is 21.7 Å². The lowest BCUT2D eigenvalue weighted by Crippen LogP contribution is -2.41. The number of carbonyl (C=O) groups is 1. The third-order valence-corrected chi connectivity index (χ3v) is 7.07. The highest BCUT2D eigenvalue weighted by molar-refractivity contribution is 7.89. The zero-order valence-corrected chi connectivity index (χ0v) is 17.2. The van der Waals surface area contributed by atoms with E-state index >= 15 is 0 Å². The van der Waals surface area contributed by atoms with E-state index in [-0.39, 0.29) is 29.8 Å². The number of amides is 1. The largest absolute Gasteiger partial charge is 0.326 e. The summed E-state index contributed by atoms with van der Waals surface area (Å²) >= 11 is 0. The normalized spacial score (nSPS) is 16.2. The zero-order chi connectivity index (χ0) is 21.2. The average molecular weight is 422 g/mol. The molecule has 2 aromatic rings. The monoisotopic (exact) mass is 422 g/mol. The number of nitrogens with one attached hydrogen (secondary N) is 1. The van der Waals surface area contributed by atoms with E-state index in [1.165, 1.54) is 4.31 Å². The van der Waals surface area contributed by atoms with Gasteiger partial charge in [0.1, 0.15) is 0 Å². The molecule has 156 valence electrons. The number of hydrogen-bond donors (Lipinski definition) is 1. The molecule has 0 saturated carbocycles. The van der Waals surface area contributed by atoms with Crippen LogP contribution < -0.4 is 5.32 Å². The Balaban J connectivity index is 1.63. The van der Waals surface area contributed by atoms with E-state index in [2.05, 4.69) is 19.2 Å². The van der Waals surface area contributed by atoms with Gasteiger partial charge in [-0.1, -0.05) is 26.0 Å². The van der Waals surface area contributed by atoms with Crippen molar-refractivity contribution in [3.05, 3.63) is 59.7 Å². The molecule has 29 heavy (non-hydrogen) atoms. The van der Waals surface area contributed by atoms with Gasteiger partial charge in [0.25, 0.3) is 0 Å². The molecule has 0 atom stereocenters. The summed E-state index contributed by atoms with van der Waals surface area (Å²) in [7, 11) is -3.93. The molecule has 1 amide bonds. The van der Waals surface area contributed by atoms with E-state index in [0.29, 0.717) is 24.8 Å². The topological polar surface area (TPSA) is 66.5 Å². The Morgan fingerprint density at radius 2 is 1.76 bits per heavy atom. The molecule has 1 aliphatic rings. The van der Waals surface area contributed by atoms with E-state index in [1.54, 1.807) is 0 Å². The first kappa shape index (κ1) is 21.4. The SMILES string of the molecule is CC(C)c1cccc(NC(=O)C2CCN(S(=O)(=O)c3ccc(F)c(F)c3)CC2)c1. The van der Waals surface area contributed by atoms with Gasteiger partial charge in [0.2, 0.25) is 15.9 Å². The molecule has 1 saturated heterocycles. The van der Waals surface area contributed by atoms with Crippen molar-refractivity contribution in [2.75, 3.05) is 18.4 Å². The molecule has 2 aromatic carbocycles. The van der Waals surface area contributed by atoms with Gasteiger partial charge in [-0.25, -0.2) is 17.2 Å². The van der Waals surface area contributed by atoms with Crippen molar-refractivity contribution in [3.8, 4) is 0 Å². The van der Waals surface area contributed by atoms with Crippen LogP contribution in [0.5, 0.6) is 0 Å². The standard InChI is InChI=1S/C21H24F2N2O3S/c1-14(2)16-4-3-5-17(12-16)24-21(26)15-8-10-25(11-9-15)29(27,28)18-6-7-19(22)20(23)13-18/h3-7,12-15H,8-11H2,1-2H3,(H,24,26). The summed E-state index contributed by atoms with van der Waals surface area (Å²) in [6.45, 7) is 4.44. The Bertz CT molecular complexity index is 1000. The second-order valence-corrected chi connectivity index (χ2v) is 9.46. The molecule has 5 nitrogen and oxygen atoms in total. The van der Waals surface area contributed by atoms with Crippen LogP contribution in [0.2, 0.25) is 0 Å². The number of halogens is 2. The predicted octanol–water partition coefficient (Wildman–Crippen LogP) is 4.13. The highest BCUT2D eigenvalue weighted by Gasteiger charge is 2.32. The average Bonchev–Trinajstić information content (AvgIpc) is 2.70. The molecule has 8 heteroatoms. The summed E-state index contributed by atoms with van der Waals surface area (Å²) in [5, 5.41) is 2.91. The Morgan fingerprint density at radius 3 is 2.38 bits per heavy atom. The lowest BCUT2D eigenvalue weighted by Gasteiger charge is -2.30. The van der Waals surface area contributed by atoms with E-state index in [1.807, 2.05) is 24.3 Å². The van der Waals surface area contributed by atoms with Crippen LogP contribution in [0.25, 0.3) is 0 Å². The van der Waals surface area contributed by atoms with Gasteiger partial charge >= 0.3 is 0 Å². The van der Waals surface area contributed by atoms with Crippen LogP contribution >= 0.6 is 0 Å². The molecule has 1 heterocycles. The van der Waals surface area contributed by atoms with Crippen LogP contribution in [0.15, 0.2) is 47.4 Å². The second-order valence-electron chi connectivity index (χ2n) is 7.52. The number of anilines is 1. The Morgan fingerprint density at radius 1 is 1.07 bits per heavy atom. The lowest BCUT2D eigenvalue weighted by atomic mass is 9.97. The zero-order valence-electron chi connectivity index (χ0n) is 16.4. The van der Waals surface area contributed by atoms with Gasteiger partial charge in [0.15, 0.2) is 11.6 Å². The van der Waals surface area contributed by atoms with Gasteiger partial charge in [-0.3, -0.25) is 4.79 Å². The minimum Gasteiger partial charge on any atom is -0.326 e. The first-order chi connectivity index (χ1) is 13.7. The minimum absolute atomic E-state index is 0.143. The van der Waals surface area contributed by atoms with Crippen LogP contribution in [0.1, 0.15) is 38.2 Å². The molecule has 1 aliphatic heterocycles. The van der Waals surface area contributed by atoms with Crippen LogP contribution in [-0.4, -0.2) is 31.7 Å². The fraction of sp³-hybridized carbons (Fsp3) is 0.381. The van der Waals surface area contributed by atoms with E-state index in [9.17, 15) is 22.0 Å². The van der Waals surface area contributed by atoms with Crippen LogP contribution in [0, 0.1) is 17.6 Å². The van der Waals surface area contributed by atoms with Gasteiger partial charge in [-0.2, -0.15) is 4.31 Å². The maximum Gasteiger partial charge on any atom is 0.243 e. The fourth-order valence-electron chi connectivity index (χ4n) is 3.36. The van der Waals surface area contributed by atoms with Crippen molar-refractivity contribution >= 4 is 21.6 Å². The quantitative estimate of drug-likeness (QED) is 0.788. The lowest BCUT2D eigenvalue weighted by molar-refractivity contribution is -0.120. The van der Waals surface area contributed by atoms with E-state index in [4.69, 9.17) is 0 Å². The van der Waals surface area contributed by atoms with Crippen molar-refractivity contribution in [2.45, 2.75) is 37.5 Å². The van der Waals surface area contributed by atoms with Crippen LogP contribution in [0.4, 0.5) is 14.5 Å². The van der Waals surface area contributed by atoms with Crippen molar-refractivity contribution in [1.82, 2.24) is 4.31 Å². The van der Waals surface area contributed by atoms with Crippen molar-refractivity contribution in [3.63, 3.8) is 0 Å². The number of hydrogen-bond acceptors (Lipinski definition) is 3. The number of carbonyl (C=O) groups excluding carboxylic acids is 1. The van der Waals surface area contributed by atoms with Gasteiger partial charge in [-0.15, -0.1) is 0 Å². The maximum absolute atomic E-state index is 13.4. The molecule has 0 spiro atoms. The Labute approximate surface area is 169 Å². The summed E-state index contributed by atoms with van der Waals surface area (Å²) in [5.41, 5.74) is 1.84. The molecule has 1 fully saturated rings. The minimum atomic E-state index is -3.93. The number of sulfonamides is 1. The van der Waals surface area contributed by atoms with Crippen molar-refractivity contribution in [1.29, 1.82) is 0 Å². The summed E-state index contributed by atoms with van der Waals surface area (Å²) in [5.74, 6) is -2.41. The van der Waals surface area contributed by atoms with E-state index in [0.717, 1.165) is 23.4 Å². The first-order valence-corrected chi connectivity index (χ1v) is 11.0. The van der Waals surface area contributed by atoms with Crippen LogP contribution in [0.3, 0.4) is 0 Å². The molecule has 0 unspecified atom stereocenters. The van der Waals surface area contributed by atoms with Gasteiger partial charge in [-0.05, 0) is 54.7 Å². The molecule has 1 N–H and O–H groups in total. The van der Waals surface area contributed by atoms with Gasteiger partial charge in [0, 0.05) is 24.7 Å². The summed E-state index contributed by atoms with van der Waals surface area (Å²) in [6, 6.07) is 10.2. The Hall–Kier alpha value is -2.32. The highest BCUT2D eigenvalue weighted by Crippen LogP contribution is 2.26. The van der Waals surface area contributed by atoms with Crippen LogP contribution in [-0.2, 0) is 14.8 Å². The third kappa shape index (κ3) is 4.82. The number of rotatable bonds is 5. The smallest absolute Gasteiger partial charge is 0.243 e. The summed E-state index contributed by atoms with van der Waals surface area (Å²) in [6.07, 6.45) is 0.719. The van der Waals surface area contributed by atoms with Crippen molar-refractivity contribution in [2.24, 2.45) is 5.92 Å². The summed E-state index contributed by atoms with van der Waals surface area (Å²) in [4.78, 5) is 12.3. The fourth-order valence-corrected chi connectivity index (χ4v) is 4.85. The summed E-state index contributed by atoms with van der Waals surface area (Å²) < 4.78 is 53.0. The third-order valence-electron chi connectivity index (χ3n) is 5.17. The van der Waals surface area contributed by atoms with Crippen molar-refractivity contribution < 1.29 is 22.0 Å². The number of piperidine rings is 1. The second kappa shape index (κ2) is 8.59. The molecule has 0 radical (unpaired) electrons. The maximum atomic E-state index is 13.4. The van der Waals surface area contributed by atoms with Gasteiger partial charge < -0.3 is 5.32 Å². The Kier molecular flexibility index (Phi) is 6.33. The molecule has 0 aliphatic carbocycles.